The number of benzene rings is 2. The highest BCUT2D eigenvalue weighted by Gasteiger charge is 2.23. The Morgan fingerprint density at radius 1 is 1.03 bits per heavy atom. The van der Waals surface area contributed by atoms with Crippen molar-refractivity contribution in [3.8, 4) is 11.1 Å². The Balaban J connectivity index is 1.49. The Morgan fingerprint density at radius 3 is 2.32 bits per heavy atom. The number of rotatable bonds is 8. The maximum Gasteiger partial charge on any atom is 0.411 e. The van der Waals surface area contributed by atoms with Crippen LogP contribution in [0.2, 0.25) is 0 Å². The second-order valence-electron chi connectivity index (χ2n) is 8.02. The molecule has 3 rings (SSSR count). The third kappa shape index (κ3) is 6.79. The molecular weight excluding hydrogens is 401 g/mol. The molecule has 7 heteroatoms. The Morgan fingerprint density at radius 2 is 1.68 bits per heavy atom. The quantitative estimate of drug-likeness (QED) is 0.598. The van der Waals surface area contributed by atoms with Crippen molar-refractivity contribution in [3.63, 3.8) is 0 Å². The maximum absolute atomic E-state index is 13.3. The topological polar surface area (TPSA) is 84.9 Å². The minimum atomic E-state index is -0.954. The van der Waals surface area contributed by atoms with Crippen LogP contribution < -0.4 is 5.32 Å². The molecule has 0 spiro atoms. The van der Waals surface area contributed by atoms with Crippen LogP contribution in [0.5, 0.6) is 0 Å². The molecule has 0 unspecified atom stereocenters. The Labute approximate surface area is 181 Å². The van der Waals surface area contributed by atoms with Crippen LogP contribution in [0.15, 0.2) is 42.5 Å². The summed E-state index contributed by atoms with van der Waals surface area (Å²) in [4.78, 5) is 22.9. The Bertz CT molecular complexity index is 891. The molecule has 2 N–H and O–H groups in total. The van der Waals surface area contributed by atoms with Crippen molar-refractivity contribution in [2.45, 2.75) is 32.6 Å². The minimum Gasteiger partial charge on any atom is -0.480 e. The van der Waals surface area contributed by atoms with E-state index in [9.17, 15) is 14.0 Å². The van der Waals surface area contributed by atoms with Crippen molar-refractivity contribution < 1.29 is 28.6 Å². The fraction of sp³-hybridized carbons (Fsp3) is 0.417. The number of nitrogens with one attached hydrogen (secondary N) is 1. The third-order valence-corrected chi connectivity index (χ3v) is 5.64. The number of aliphatic carboxylic acids is 1. The van der Waals surface area contributed by atoms with E-state index < -0.39 is 12.1 Å². The molecule has 1 saturated carbocycles. The number of halogens is 1. The number of hydrogen-bond acceptors (Lipinski definition) is 4. The molecular formula is C24H28FNO5. The highest BCUT2D eigenvalue weighted by Crippen LogP contribution is 2.32. The lowest BCUT2D eigenvalue weighted by atomic mass is 9.83. The van der Waals surface area contributed by atoms with Crippen LogP contribution in [-0.2, 0) is 14.3 Å². The van der Waals surface area contributed by atoms with E-state index in [2.05, 4.69) is 5.32 Å². The molecule has 0 aromatic heterocycles. The van der Waals surface area contributed by atoms with Crippen molar-refractivity contribution in [1.82, 2.24) is 0 Å². The molecule has 2 aromatic rings. The molecule has 0 radical (unpaired) electrons. The highest BCUT2D eigenvalue weighted by atomic mass is 19.1. The van der Waals surface area contributed by atoms with Gasteiger partial charge in [-0.1, -0.05) is 24.3 Å². The summed E-state index contributed by atoms with van der Waals surface area (Å²) in [5, 5.41) is 11.4. The van der Waals surface area contributed by atoms with Crippen molar-refractivity contribution in [1.29, 1.82) is 0 Å². The summed E-state index contributed by atoms with van der Waals surface area (Å²) in [7, 11) is 0. The summed E-state index contributed by atoms with van der Waals surface area (Å²) >= 11 is 0. The van der Waals surface area contributed by atoms with Crippen LogP contribution in [0.3, 0.4) is 0 Å². The van der Waals surface area contributed by atoms with Gasteiger partial charge >= 0.3 is 12.1 Å². The van der Waals surface area contributed by atoms with Crippen molar-refractivity contribution in [3.05, 3.63) is 53.8 Å². The van der Waals surface area contributed by atoms with Gasteiger partial charge in [0.05, 0.1) is 18.9 Å². The first-order chi connectivity index (χ1) is 14.9. The summed E-state index contributed by atoms with van der Waals surface area (Å²) in [5.74, 6) is -0.621. The van der Waals surface area contributed by atoms with Gasteiger partial charge in [0.15, 0.2) is 0 Å². The molecule has 166 valence electrons. The van der Waals surface area contributed by atoms with Crippen LogP contribution in [0.25, 0.3) is 11.1 Å². The number of carboxylic acid groups (broad SMARTS) is 1. The fourth-order valence-corrected chi connectivity index (χ4v) is 3.99. The molecule has 1 fully saturated rings. The zero-order valence-corrected chi connectivity index (χ0v) is 17.6. The van der Waals surface area contributed by atoms with E-state index in [1.807, 2.05) is 19.1 Å². The second kappa shape index (κ2) is 10.9. The summed E-state index contributed by atoms with van der Waals surface area (Å²) in [6.07, 6.45) is 3.18. The first-order valence-electron chi connectivity index (χ1n) is 10.5. The number of ether oxygens (including phenoxy) is 2. The number of hydrogen-bond donors (Lipinski definition) is 2. The standard InChI is InChI=1S/C24H28FNO5/c1-16-3-2-4-21(23(16)19-9-11-20(25)12-10-19)26-24(29)31-14-18-7-5-17(6-8-18)13-30-15-22(27)28/h2-4,9-12,17-18H,5-8,13-15H2,1H3,(H,26,29)(H,27,28). The minimum absolute atomic E-state index is 0.262. The number of carbonyl (C=O) groups excluding carboxylic acids is 1. The number of anilines is 1. The van der Waals surface area contributed by atoms with Crippen LogP contribution in [0.4, 0.5) is 14.9 Å². The molecule has 0 heterocycles. The SMILES string of the molecule is Cc1cccc(NC(=O)OCC2CCC(COCC(=O)O)CC2)c1-c1ccc(F)cc1. The molecule has 0 saturated heterocycles. The average molecular weight is 429 g/mol. The lowest BCUT2D eigenvalue weighted by Crippen LogP contribution is -2.25. The van der Waals surface area contributed by atoms with E-state index in [0.717, 1.165) is 42.4 Å². The predicted molar refractivity (Wildman–Crippen MR) is 115 cm³/mol. The molecule has 0 atom stereocenters. The van der Waals surface area contributed by atoms with Gasteiger partial charge in [0.25, 0.3) is 0 Å². The normalized spacial score (nSPS) is 18.4. The van der Waals surface area contributed by atoms with Gasteiger partial charge in [-0.25, -0.2) is 14.0 Å². The van der Waals surface area contributed by atoms with Gasteiger partial charge in [0.1, 0.15) is 12.4 Å². The molecule has 6 nitrogen and oxygen atoms in total. The summed E-state index contributed by atoms with van der Waals surface area (Å²) < 4.78 is 23.9. The van der Waals surface area contributed by atoms with E-state index in [1.165, 1.54) is 12.1 Å². The maximum atomic E-state index is 13.3. The number of amides is 1. The van der Waals surface area contributed by atoms with Crippen LogP contribution in [-0.4, -0.2) is 37.0 Å². The van der Waals surface area contributed by atoms with Crippen molar-refractivity contribution in [2.24, 2.45) is 11.8 Å². The summed E-state index contributed by atoms with van der Waals surface area (Å²) in [5.41, 5.74) is 3.24. The van der Waals surface area contributed by atoms with E-state index in [4.69, 9.17) is 14.6 Å². The lowest BCUT2D eigenvalue weighted by molar-refractivity contribution is -0.142. The summed E-state index contributed by atoms with van der Waals surface area (Å²) in [6, 6.07) is 11.8. The van der Waals surface area contributed by atoms with E-state index in [1.54, 1.807) is 18.2 Å². The number of carboxylic acids is 1. The number of aryl methyl sites for hydroxylation is 1. The Hall–Kier alpha value is -2.93. The predicted octanol–water partition coefficient (Wildman–Crippen LogP) is 5.26. The van der Waals surface area contributed by atoms with Crippen LogP contribution >= 0.6 is 0 Å². The monoisotopic (exact) mass is 429 g/mol. The molecule has 0 aliphatic heterocycles. The largest absolute Gasteiger partial charge is 0.480 e. The van der Waals surface area contributed by atoms with Gasteiger partial charge in [0.2, 0.25) is 0 Å². The molecule has 31 heavy (non-hydrogen) atoms. The second-order valence-corrected chi connectivity index (χ2v) is 8.02. The first-order valence-corrected chi connectivity index (χ1v) is 10.5. The smallest absolute Gasteiger partial charge is 0.411 e. The zero-order valence-electron chi connectivity index (χ0n) is 17.6. The average Bonchev–Trinajstić information content (AvgIpc) is 2.74. The fourth-order valence-electron chi connectivity index (χ4n) is 3.99. The van der Waals surface area contributed by atoms with Gasteiger partial charge in [-0.15, -0.1) is 0 Å². The van der Waals surface area contributed by atoms with Gasteiger partial charge in [0, 0.05) is 5.56 Å². The molecule has 1 aliphatic carbocycles. The van der Waals surface area contributed by atoms with Gasteiger partial charge in [-0.3, -0.25) is 5.32 Å². The summed E-state index contributed by atoms with van der Waals surface area (Å²) in [6.45, 7) is 2.47. The highest BCUT2D eigenvalue weighted by molar-refractivity contribution is 5.92. The van der Waals surface area contributed by atoms with E-state index in [-0.39, 0.29) is 18.3 Å². The van der Waals surface area contributed by atoms with E-state index >= 15 is 0 Å². The van der Waals surface area contributed by atoms with Gasteiger partial charge in [-0.2, -0.15) is 0 Å². The van der Waals surface area contributed by atoms with Gasteiger partial charge < -0.3 is 14.6 Å². The zero-order chi connectivity index (χ0) is 22.2. The van der Waals surface area contributed by atoms with Crippen LogP contribution in [0, 0.1) is 24.6 Å². The lowest BCUT2D eigenvalue weighted by Gasteiger charge is -2.27. The van der Waals surface area contributed by atoms with E-state index in [0.29, 0.717) is 24.8 Å². The molecule has 1 amide bonds. The van der Waals surface area contributed by atoms with Crippen molar-refractivity contribution >= 4 is 17.7 Å². The molecule has 0 bridgehead atoms. The van der Waals surface area contributed by atoms with Crippen molar-refractivity contribution in [2.75, 3.05) is 25.1 Å². The number of carbonyl (C=O) groups is 2. The van der Waals surface area contributed by atoms with Gasteiger partial charge in [-0.05, 0) is 73.8 Å². The first kappa shape index (κ1) is 22.7. The third-order valence-electron chi connectivity index (χ3n) is 5.64. The molecule has 1 aliphatic rings. The molecule has 2 aromatic carbocycles. The van der Waals surface area contributed by atoms with Crippen LogP contribution in [0.1, 0.15) is 31.2 Å². The Kier molecular flexibility index (Phi) is 8.00.